The fourth-order valence-corrected chi connectivity index (χ4v) is 4.14. The Morgan fingerprint density at radius 1 is 1.11 bits per heavy atom. The van der Waals surface area contributed by atoms with Gasteiger partial charge in [-0.3, -0.25) is 4.79 Å². The second kappa shape index (κ2) is 9.40. The van der Waals surface area contributed by atoms with Crippen molar-refractivity contribution in [1.29, 1.82) is 0 Å². The summed E-state index contributed by atoms with van der Waals surface area (Å²) in [6, 6.07) is 0. The van der Waals surface area contributed by atoms with Crippen molar-refractivity contribution in [1.82, 2.24) is 0 Å². The van der Waals surface area contributed by atoms with Gasteiger partial charge in [0.25, 0.3) is 0 Å². The van der Waals surface area contributed by atoms with Crippen LogP contribution in [-0.4, -0.2) is 42.1 Å². The van der Waals surface area contributed by atoms with Gasteiger partial charge in [-0.15, -0.1) is 0 Å². The molecule has 0 aromatic carbocycles. The molecule has 6 nitrogen and oxygen atoms in total. The van der Waals surface area contributed by atoms with Gasteiger partial charge < -0.3 is 18.9 Å². The molecule has 0 aromatic rings. The van der Waals surface area contributed by atoms with Gasteiger partial charge in [-0.1, -0.05) is 26.8 Å². The van der Waals surface area contributed by atoms with Gasteiger partial charge in [0, 0.05) is 12.0 Å². The van der Waals surface area contributed by atoms with Crippen LogP contribution in [0.2, 0.25) is 0 Å². The third kappa shape index (κ3) is 6.31. The van der Waals surface area contributed by atoms with E-state index in [0.717, 1.165) is 25.7 Å². The first-order valence-corrected chi connectivity index (χ1v) is 10.4. The highest BCUT2D eigenvalue weighted by Gasteiger charge is 2.41. The minimum Gasteiger partial charge on any atom is -0.460 e. The molecule has 28 heavy (non-hydrogen) atoms. The number of ether oxygens (including phenoxy) is 4. The van der Waals surface area contributed by atoms with Crippen molar-refractivity contribution in [2.45, 2.75) is 103 Å². The van der Waals surface area contributed by atoms with Crippen LogP contribution >= 0.6 is 0 Å². The molecule has 2 unspecified atom stereocenters. The van der Waals surface area contributed by atoms with E-state index in [-0.39, 0.29) is 42.7 Å². The number of carbonyl (C=O) groups excluding carboxylic acids is 2. The van der Waals surface area contributed by atoms with E-state index in [2.05, 4.69) is 20.4 Å². The molecule has 1 saturated heterocycles. The number of rotatable bonds is 7. The van der Waals surface area contributed by atoms with Crippen molar-refractivity contribution in [3.05, 3.63) is 12.2 Å². The van der Waals surface area contributed by atoms with Crippen LogP contribution in [0.5, 0.6) is 0 Å². The van der Waals surface area contributed by atoms with Crippen LogP contribution < -0.4 is 0 Å². The molecule has 0 bridgehead atoms. The Balaban J connectivity index is 1.94. The standard InChI is InChI=1S/C22H36O6/c1-15(2)20(24)25-14-18-12-17(26-21(5,6)27-18)13-19(23)28-22(16(3)4)10-8-7-9-11-22/h16-18H,1,7-14H2,2-6H3. The maximum atomic E-state index is 12.7. The lowest BCUT2D eigenvalue weighted by atomic mass is 9.77. The molecule has 1 aliphatic carbocycles. The number of esters is 2. The quantitative estimate of drug-likeness (QED) is 0.472. The zero-order chi connectivity index (χ0) is 20.9. The maximum absolute atomic E-state index is 12.7. The lowest BCUT2D eigenvalue weighted by Gasteiger charge is -2.42. The highest BCUT2D eigenvalue weighted by Crippen LogP contribution is 2.38. The van der Waals surface area contributed by atoms with E-state index in [1.807, 2.05) is 0 Å². The topological polar surface area (TPSA) is 71.1 Å². The molecule has 1 heterocycles. The molecule has 6 heteroatoms. The van der Waals surface area contributed by atoms with Crippen LogP contribution in [-0.2, 0) is 28.5 Å². The van der Waals surface area contributed by atoms with E-state index in [4.69, 9.17) is 18.9 Å². The summed E-state index contributed by atoms with van der Waals surface area (Å²) in [6.45, 7) is 13.1. The van der Waals surface area contributed by atoms with Gasteiger partial charge >= 0.3 is 11.9 Å². The van der Waals surface area contributed by atoms with E-state index >= 15 is 0 Å². The Morgan fingerprint density at radius 2 is 1.71 bits per heavy atom. The van der Waals surface area contributed by atoms with Crippen molar-refractivity contribution >= 4 is 11.9 Å². The molecule has 1 aliphatic heterocycles. The Labute approximate surface area is 168 Å². The number of hydrogen-bond acceptors (Lipinski definition) is 6. The minimum absolute atomic E-state index is 0.111. The lowest BCUT2D eigenvalue weighted by Crippen LogP contribution is -2.48. The molecule has 0 radical (unpaired) electrons. The van der Waals surface area contributed by atoms with E-state index in [1.165, 1.54) is 6.42 Å². The largest absolute Gasteiger partial charge is 0.460 e. The highest BCUT2D eigenvalue weighted by atomic mass is 16.7. The van der Waals surface area contributed by atoms with Crippen molar-refractivity contribution < 1.29 is 28.5 Å². The first-order valence-electron chi connectivity index (χ1n) is 10.4. The van der Waals surface area contributed by atoms with Crippen molar-refractivity contribution in [3.63, 3.8) is 0 Å². The average molecular weight is 397 g/mol. The summed E-state index contributed by atoms with van der Waals surface area (Å²) >= 11 is 0. The van der Waals surface area contributed by atoms with Gasteiger partial charge in [-0.05, 0) is 52.4 Å². The Bertz CT molecular complexity index is 574. The van der Waals surface area contributed by atoms with Crippen LogP contribution in [0.1, 0.15) is 79.6 Å². The smallest absolute Gasteiger partial charge is 0.333 e. The molecule has 0 N–H and O–H groups in total. The van der Waals surface area contributed by atoms with E-state index in [0.29, 0.717) is 12.0 Å². The van der Waals surface area contributed by atoms with Crippen LogP contribution in [0, 0.1) is 5.92 Å². The molecule has 1 saturated carbocycles. The highest BCUT2D eigenvalue weighted by molar-refractivity contribution is 5.86. The van der Waals surface area contributed by atoms with Crippen molar-refractivity contribution in [2.75, 3.05) is 6.61 Å². The maximum Gasteiger partial charge on any atom is 0.333 e. The normalized spacial score (nSPS) is 26.5. The van der Waals surface area contributed by atoms with Crippen molar-refractivity contribution in [3.8, 4) is 0 Å². The first-order chi connectivity index (χ1) is 13.0. The van der Waals surface area contributed by atoms with Crippen LogP contribution in [0.3, 0.4) is 0 Å². The molecular weight excluding hydrogens is 360 g/mol. The summed E-state index contributed by atoms with van der Waals surface area (Å²) in [5, 5.41) is 0. The van der Waals surface area contributed by atoms with E-state index < -0.39 is 11.8 Å². The summed E-state index contributed by atoms with van der Waals surface area (Å²) < 4.78 is 23.0. The summed E-state index contributed by atoms with van der Waals surface area (Å²) in [5.41, 5.74) is -0.00944. The molecular formula is C22H36O6. The Kier molecular flexibility index (Phi) is 7.68. The summed E-state index contributed by atoms with van der Waals surface area (Å²) in [4.78, 5) is 24.4. The molecule has 160 valence electrons. The van der Waals surface area contributed by atoms with E-state index in [9.17, 15) is 9.59 Å². The van der Waals surface area contributed by atoms with Crippen LogP contribution in [0.4, 0.5) is 0 Å². The average Bonchev–Trinajstić information content (AvgIpc) is 2.58. The molecule has 0 spiro atoms. The summed E-state index contributed by atoms with van der Waals surface area (Å²) in [7, 11) is 0. The SMILES string of the molecule is C=C(C)C(=O)OCC1CC(CC(=O)OC2(C(C)C)CCCCC2)OC(C)(C)O1. The zero-order valence-electron chi connectivity index (χ0n) is 18.0. The zero-order valence-corrected chi connectivity index (χ0v) is 18.0. The van der Waals surface area contributed by atoms with Gasteiger partial charge in [-0.2, -0.15) is 0 Å². The van der Waals surface area contributed by atoms with Gasteiger partial charge in [-0.25, -0.2) is 4.79 Å². The minimum atomic E-state index is -0.857. The van der Waals surface area contributed by atoms with Gasteiger partial charge in [0.1, 0.15) is 12.2 Å². The van der Waals surface area contributed by atoms with Gasteiger partial charge in [0.15, 0.2) is 5.79 Å². The van der Waals surface area contributed by atoms with Crippen molar-refractivity contribution in [2.24, 2.45) is 5.92 Å². The van der Waals surface area contributed by atoms with Crippen LogP contribution in [0.25, 0.3) is 0 Å². The van der Waals surface area contributed by atoms with Crippen LogP contribution in [0.15, 0.2) is 12.2 Å². The monoisotopic (exact) mass is 396 g/mol. The first kappa shape index (κ1) is 22.9. The van der Waals surface area contributed by atoms with Gasteiger partial charge in [0.2, 0.25) is 0 Å². The summed E-state index contributed by atoms with van der Waals surface area (Å²) in [5.74, 6) is -1.24. The third-order valence-corrected chi connectivity index (χ3v) is 5.64. The molecule has 2 fully saturated rings. The van der Waals surface area contributed by atoms with Gasteiger partial charge in [0.05, 0.1) is 18.6 Å². The molecule has 0 aromatic heterocycles. The predicted octanol–water partition coefficient (Wildman–Crippen LogP) is 4.31. The number of hydrogen-bond donors (Lipinski definition) is 0. The Morgan fingerprint density at radius 3 is 2.29 bits per heavy atom. The fraction of sp³-hybridized carbons (Fsp3) is 0.818. The lowest BCUT2D eigenvalue weighted by molar-refractivity contribution is -0.305. The summed E-state index contributed by atoms with van der Waals surface area (Å²) in [6.07, 6.45) is 5.23. The predicted molar refractivity (Wildman–Crippen MR) is 106 cm³/mol. The molecule has 2 aliphatic rings. The Hall–Kier alpha value is -1.40. The molecule has 2 rings (SSSR count). The number of carbonyl (C=O) groups is 2. The van der Waals surface area contributed by atoms with E-state index in [1.54, 1.807) is 20.8 Å². The molecule has 2 atom stereocenters. The molecule has 0 amide bonds. The third-order valence-electron chi connectivity index (χ3n) is 5.64. The second-order valence-electron chi connectivity index (χ2n) is 8.95. The second-order valence-corrected chi connectivity index (χ2v) is 8.95. The fourth-order valence-electron chi connectivity index (χ4n) is 4.14.